The lowest BCUT2D eigenvalue weighted by Crippen LogP contribution is -2.63. The topological polar surface area (TPSA) is 95.6 Å². The van der Waals surface area contributed by atoms with Crippen molar-refractivity contribution in [2.45, 2.75) is 58.5 Å². The van der Waals surface area contributed by atoms with Gasteiger partial charge in [-0.25, -0.2) is 0 Å². The molecule has 0 aliphatic carbocycles. The maximum atomic E-state index is 12.5. The van der Waals surface area contributed by atoms with E-state index in [0.717, 1.165) is 25.2 Å². The maximum Gasteiger partial charge on any atom is 0.232 e. The zero-order valence-electron chi connectivity index (χ0n) is 23.3. The predicted molar refractivity (Wildman–Crippen MR) is 145 cm³/mol. The van der Waals surface area contributed by atoms with Crippen LogP contribution in [-0.4, -0.2) is 69.2 Å². The number of aromatic nitrogens is 3. The van der Waals surface area contributed by atoms with E-state index in [1.807, 2.05) is 23.1 Å². The fraction of sp³-hybridized carbons (Fsp3) is 0.533. The van der Waals surface area contributed by atoms with Gasteiger partial charge >= 0.3 is 0 Å². The number of pyridine rings is 1. The van der Waals surface area contributed by atoms with Crippen LogP contribution in [0.4, 0.5) is 0 Å². The zero-order chi connectivity index (χ0) is 27.2. The van der Waals surface area contributed by atoms with Gasteiger partial charge in [0.25, 0.3) is 0 Å². The summed E-state index contributed by atoms with van der Waals surface area (Å²) in [6.45, 7) is 13.5. The Balaban J connectivity index is 1.47. The summed E-state index contributed by atoms with van der Waals surface area (Å²) in [5.74, 6) is 1.71. The minimum absolute atomic E-state index is 0.112. The van der Waals surface area contributed by atoms with E-state index in [2.05, 4.69) is 73.8 Å². The van der Waals surface area contributed by atoms with Crippen LogP contribution < -0.4 is 0 Å². The number of aliphatic hydroxyl groups is 1. The predicted octanol–water partition coefficient (Wildman–Crippen LogP) is 4.41. The van der Waals surface area contributed by atoms with Crippen LogP contribution in [-0.2, 0) is 10.4 Å². The van der Waals surface area contributed by atoms with E-state index in [1.54, 1.807) is 12.4 Å². The van der Waals surface area contributed by atoms with E-state index in [-0.39, 0.29) is 11.8 Å². The molecule has 0 saturated carbocycles. The molecule has 2 aliphatic heterocycles. The highest BCUT2D eigenvalue weighted by atomic mass is 16.5. The molecule has 4 heterocycles. The van der Waals surface area contributed by atoms with Gasteiger partial charge < -0.3 is 19.4 Å². The lowest BCUT2D eigenvalue weighted by Gasteiger charge is -2.55. The molecule has 1 N–H and O–H groups in total. The summed E-state index contributed by atoms with van der Waals surface area (Å²) < 4.78 is 5.63. The fourth-order valence-corrected chi connectivity index (χ4v) is 6.18. The van der Waals surface area contributed by atoms with Crippen molar-refractivity contribution in [2.24, 2.45) is 11.3 Å². The Labute approximate surface area is 225 Å². The Morgan fingerprint density at radius 2 is 1.84 bits per heavy atom. The minimum atomic E-state index is -1.25. The van der Waals surface area contributed by atoms with Crippen molar-refractivity contribution >= 4 is 5.91 Å². The highest BCUT2D eigenvalue weighted by Crippen LogP contribution is 2.50. The molecule has 0 spiro atoms. The smallest absolute Gasteiger partial charge is 0.232 e. The summed E-state index contributed by atoms with van der Waals surface area (Å²) in [6, 6.07) is 10.2. The molecule has 2 unspecified atom stereocenters. The molecule has 0 bridgehead atoms. The second-order valence-electron chi connectivity index (χ2n) is 12.2. The number of nitrogens with zero attached hydrogens (tertiary/aromatic N) is 5. The highest BCUT2D eigenvalue weighted by Gasteiger charge is 2.55. The largest absolute Gasteiger partial charge is 0.380 e. The first-order valence-electron chi connectivity index (χ1n) is 13.6. The van der Waals surface area contributed by atoms with Crippen LogP contribution in [0.25, 0.3) is 11.4 Å². The molecule has 0 radical (unpaired) electrons. The van der Waals surface area contributed by atoms with E-state index in [4.69, 9.17) is 4.52 Å². The van der Waals surface area contributed by atoms with Gasteiger partial charge in [0.15, 0.2) is 0 Å². The first-order chi connectivity index (χ1) is 18.0. The number of carbonyl (C=O) groups is 1. The summed E-state index contributed by atoms with van der Waals surface area (Å²) in [6.07, 6.45) is 3.81. The molecule has 38 heavy (non-hydrogen) atoms. The number of hydrogen-bond acceptors (Lipinski definition) is 7. The first kappa shape index (κ1) is 26.5. The van der Waals surface area contributed by atoms with Gasteiger partial charge in [-0.1, -0.05) is 64.0 Å². The summed E-state index contributed by atoms with van der Waals surface area (Å²) in [5.41, 5.74) is 1.81. The molecule has 2 fully saturated rings. The number of likely N-dealkylation sites (tertiary alicyclic amines) is 2. The third kappa shape index (κ3) is 4.64. The van der Waals surface area contributed by atoms with Crippen molar-refractivity contribution in [3.63, 3.8) is 0 Å². The van der Waals surface area contributed by atoms with Gasteiger partial charge in [-0.3, -0.25) is 9.78 Å². The van der Waals surface area contributed by atoms with Crippen molar-refractivity contribution in [2.75, 3.05) is 33.2 Å². The number of benzene rings is 1. The van der Waals surface area contributed by atoms with Gasteiger partial charge in [-0.05, 0) is 36.1 Å². The van der Waals surface area contributed by atoms with Crippen molar-refractivity contribution in [1.82, 2.24) is 24.9 Å². The maximum absolute atomic E-state index is 12.5. The first-order valence-corrected chi connectivity index (χ1v) is 13.6. The van der Waals surface area contributed by atoms with Crippen molar-refractivity contribution in [3.8, 4) is 11.4 Å². The van der Waals surface area contributed by atoms with E-state index in [1.165, 1.54) is 5.56 Å². The molecule has 1 aromatic carbocycles. The van der Waals surface area contributed by atoms with Crippen LogP contribution in [0.15, 0.2) is 47.2 Å². The fourth-order valence-electron chi connectivity index (χ4n) is 6.18. The monoisotopic (exact) mass is 517 g/mol. The van der Waals surface area contributed by atoms with Crippen LogP contribution in [0.2, 0.25) is 0 Å². The van der Waals surface area contributed by atoms with E-state index >= 15 is 0 Å². The quantitative estimate of drug-likeness (QED) is 0.473. The molecule has 1 amide bonds. The van der Waals surface area contributed by atoms with Crippen LogP contribution >= 0.6 is 0 Å². The standard InChI is InChI=1S/C30H39N5O3/c1-19(2)15-35-16-23(12-26(35)36)28-32-27(33-38-28)22-11-25(14-31-13-22)30(37,29(5)17-34(6)18-29)24-9-7-21(8-10-24)20(3)4/h7-11,13-14,19-20,23,37H,12,15-18H2,1-6H3. The van der Waals surface area contributed by atoms with Gasteiger partial charge in [-0.2, -0.15) is 4.98 Å². The molecule has 2 atom stereocenters. The number of rotatable bonds is 8. The van der Waals surface area contributed by atoms with Gasteiger partial charge in [0, 0.05) is 61.5 Å². The third-order valence-corrected chi connectivity index (χ3v) is 8.11. The summed E-state index contributed by atoms with van der Waals surface area (Å²) in [5, 5.41) is 16.7. The number of hydrogen-bond donors (Lipinski definition) is 1. The van der Waals surface area contributed by atoms with Gasteiger partial charge in [-0.15, -0.1) is 0 Å². The molecule has 8 nitrogen and oxygen atoms in total. The summed E-state index contributed by atoms with van der Waals surface area (Å²) in [7, 11) is 2.07. The minimum Gasteiger partial charge on any atom is -0.380 e. The molecule has 2 aromatic heterocycles. The SMILES string of the molecule is CC(C)CN1CC(c2nc(-c3cncc(C(O)(c4ccc(C(C)C)cc4)C4(C)CN(C)C4)c3)no2)CC1=O. The molecule has 8 heteroatoms. The average Bonchev–Trinajstić information content (AvgIpc) is 3.49. The number of amides is 1. The molecule has 2 saturated heterocycles. The normalized spacial score (nSPS) is 21.2. The van der Waals surface area contributed by atoms with E-state index < -0.39 is 11.0 Å². The summed E-state index contributed by atoms with van der Waals surface area (Å²) in [4.78, 5) is 25.7. The Kier molecular flexibility index (Phi) is 6.90. The molecule has 202 valence electrons. The van der Waals surface area contributed by atoms with Crippen molar-refractivity contribution in [1.29, 1.82) is 0 Å². The Morgan fingerprint density at radius 1 is 1.13 bits per heavy atom. The van der Waals surface area contributed by atoms with Crippen molar-refractivity contribution < 1.29 is 14.4 Å². The molecule has 3 aromatic rings. The number of carbonyl (C=O) groups excluding carboxylic acids is 1. The summed E-state index contributed by atoms with van der Waals surface area (Å²) >= 11 is 0. The highest BCUT2D eigenvalue weighted by molar-refractivity contribution is 5.79. The van der Waals surface area contributed by atoms with E-state index in [0.29, 0.717) is 47.6 Å². The van der Waals surface area contributed by atoms with Crippen LogP contribution in [0.3, 0.4) is 0 Å². The van der Waals surface area contributed by atoms with E-state index in [9.17, 15) is 9.90 Å². The van der Waals surface area contributed by atoms with Crippen LogP contribution in [0.5, 0.6) is 0 Å². The zero-order valence-corrected chi connectivity index (χ0v) is 23.3. The van der Waals surface area contributed by atoms with Crippen LogP contribution in [0.1, 0.15) is 75.5 Å². The third-order valence-electron chi connectivity index (χ3n) is 8.11. The second kappa shape index (κ2) is 9.89. The van der Waals surface area contributed by atoms with Gasteiger partial charge in [0.2, 0.25) is 17.6 Å². The van der Waals surface area contributed by atoms with Crippen molar-refractivity contribution in [3.05, 3.63) is 65.3 Å². The second-order valence-corrected chi connectivity index (χ2v) is 12.2. The Morgan fingerprint density at radius 3 is 2.47 bits per heavy atom. The lowest BCUT2D eigenvalue weighted by molar-refractivity contribution is -0.128. The molecule has 5 rings (SSSR count). The molecular formula is C30H39N5O3. The molecule has 2 aliphatic rings. The van der Waals surface area contributed by atoms with Gasteiger partial charge in [0.1, 0.15) is 5.60 Å². The lowest BCUT2D eigenvalue weighted by atomic mass is 9.62. The Hall–Kier alpha value is -3.10. The van der Waals surface area contributed by atoms with Crippen LogP contribution in [0, 0.1) is 11.3 Å². The molecular weight excluding hydrogens is 478 g/mol. The Bertz CT molecular complexity index is 1300. The average molecular weight is 518 g/mol. The van der Waals surface area contributed by atoms with Gasteiger partial charge in [0.05, 0.1) is 5.92 Å².